The Morgan fingerprint density at radius 2 is 1.59 bits per heavy atom. The van der Waals surface area contributed by atoms with Crippen LogP contribution >= 0.6 is 0 Å². The van der Waals surface area contributed by atoms with Crippen LogP contribution in [0.25, 0.3) is 0 Å². The highest BCUT2D eigenvalue weighted by atomic mass is 16.8. The van der Waals surface area contributed by atoms with E-state index in [9.17, 15) is 9.90 Å². The number of carbonyl (C=O) groups is 1. The summed E-state index contributed by atoms with van der Waals surface area (Å²) < 4.78 is 61.6. The number of methoxy groups -OCH3 is 1. The highest BCUT2D eigenvalue weighted by Crippen LogP contribution is 2.59. The minimum absolute atomic E-state index is 0.00451. The van der Waals surface area contributed by atoms with Crippen molar-refractivity contribution in [2.75, 3.05) is 13.7 Å². The van der Waals surface area contributed by atoms with Gasteiger partial charge in [0.05, 0.1) is 67.1 Å². The van der Waals surface area contributed by atoms with Crippen molar-refractivity contribution < 1.29 is 52.5 Å². The second kappa shape index (κ2) is 12.9. The summed E-state index contributed by atoms with van der Waals surface area (Å²) >= 11 is 0. The summed E-state index contributed by atoms with van der Waals surface area (Å²) in [6, 6.07) is 0. The number of ketones is 1. The highest BCUT2D eigenvalue weighted by molar-refractivity contribution is 5.79. The molecule has 20 atom stereocenters. The molecule has 11 aliphatic rings. The van der Waals surface area contributed by atoms with Gasteiger partial charge in [-0.05, 0) is 62.0 Å². The summed E-state index contributed by atoms with van der Waals surface area (Å²) in [5.41, 5.74) is 8.00. The van der Waals surface area contributed by atoms with Gasteiger partial charge in [-0.2, -0.15) is 0 Å². The van der Waals surface area contributed by atoms with Crippen LogP contribution in [-0.4, -0.2) is 128 Å². The van der Waals surface area contributed by atoms with Crippen LogP contribution in [0.2, 0.25) is 0 Å². The molecule has 0 saturated carbocycles. The molecule has 1 spiro atoms. The zero-order chi connectivity index (χ0) is 34.8. The van der Waals surface area contributed by atoms with Gasteiger partial charge in [-0.1, -0.05) is 13.2 Å². The van der Waals surface area contributed by atoms with Gasteiger partial charge in [0, 0.05) is 57.6 Å². The van der Waals surface area contributed by atoms with E-state index in [2.05, 4.69) is 6.58 Å². The molecule has 3 N–H and O–H groups in total. The molecule has 3 unspecified atom stereocenters. The molecule has 11 aliphatic heterocycles. The second-order valence-corrected chi connectivity index (χ2v) is 17.3. The van der Waals surface area contributed by atoms with Gasteiger partial charge in [0.2, 0.25) is 0 Å². The van der Waals surface area contributed by atoms with Crippen LogP contribution < -0.4 is 5.73 Å². The Kier molecular flexibility index (Phi) is 8.66. The molecule has 12 nitrogen and oxygen atoms in total. The van der Waals surface area contributed by atoms with Gasteiger partial charge in [0.1, 0.15) is 36.3 Å². The van der Waals surface area contributed by atoms with Crippen LogP contribution in [0, 0.1) is 17.8 Å². The third-order valence-electron chi connectivity index (χ3n) is 14.4. The molecule has 12 heteroatoms. The lowest BCUT2D eigenvalue weighted by molar-refractivity contribution is -0.312. The van der Waals surface area contributed by atoms with Crippen LogP contribution in [-0.2, 0) is 47.4 Å². The molecule has 0 aliphatic carbocycles. The van der Waals surface area contributed by atoms with E-state index in [4.69, 9.17) is 54.9 Å². The Morgan fingerprint density at radius 3 is 2.43 bits per heavy atom. The number of rotatable bonds is 4. The number of aliphatic hydroxyl groups excluding tert-OH is 1. The first-order valence-corrected chi connectivity index (χ1v) is 19.8. The van der Waals surface area contributed by atoms with Crippen molar-refractivity contribution in [3.8, 4) is 0 Å². The Bertz CT molecular complexity index is 1410. The molecule has 0 aromatic heterocycles. The van der Waals surface area contributed by atoms with Gasteiger partial charge < -0.3 is 53.5 Å². The molecular weight excluding hydrogens is 658 g/mol. The average molecular weight is 714 g/mol. The van der Waals surface area contributed by atoms with Gasteiger partial charge in [0.25, 0.3) is 0 Å². The molecular formula is C39H55NO11. The smallest absolute Gasteiger partial charge is 0.175 e. The lowest BCUT2D eigenvalue weighted by Crippen LogP contribution is -2.62. The molecule has 11 heterocycles. The maximum Gasteiger partial charge on any atom is 0.175 e. The SMILES string of the molecule is C=C1C[C@@H]2CC3[C@@H]4C[C@H](CC[C@@H]1O2)O[C@H](C[C@@H]1O[C@H](C[C@H](O)CN)[C@H](OC)[C@H]1CC(=O)C[C@H]1CC[C@@H]2OC5C6O[C@@H]7C[C@]3(O[C@H]6[C@H]2O1)O[C@H]57)C4=C. The number of nitrogens with two attached hydrogens (primary N) is 1. The zero-order valence-corrected chi connectivity index (χ0v) is 29.7. The molecule has 11 fully saturated rings. The monoisotopic (exact) mass is 713 g/mol. The van der Waals surface area contributed by atoms with E-state index in [0.29, 0.717) is 19.3 Å². The summed E-state index contributed by atoms with van der Waals surface area (Å²) in [6.45, 7) is 9.36. The van der Waals surface area contributed by atoms with Gasteiger partial charge >= 0.3 is 0 Å². The third-order valence-corrected chi connectivity index (χ3v) is 14.4. The van der Waals surface area contributed by atoms with E-state index in [1.54, 1.807) is 7.11 Å². The minimum atomic E-state index is -0.941. The van der Waals surface area contributed by atoms with Crippen molar-refractivity contribution in [1.29, 1.82) is 0 Å². The lowest BCUT2D eigenvalue weighted by Gasteiger charge is -2.50. The number of fused-ring (bicyclic) bond motifs is 6. The number of aliphatic hydroxyl groups is 1. The first-order chi connectivity index (χ1) is 24.7. The van der Waals surface area contributed by atoms with Crippen molar-refractivity contribution >= 4 is 5.78 Å². The topological polar surface area (TPSA) is 146 Å². The Labute approximate surface area is 299 Å². The maximum absolute atomic E-state index is 14.0. The molecule has 51 heavy (non-hydrogen) atoms. The van der Waals surface area contributed by atoms with Gasteiger partial charge in [-0.15, -0.1) is 0 Å². The molecule has 13 bridgehead atoms. The minimum Gasteiger partial charge on any atom is -0.392 e. The molecule has 0 amide bonds. The number of Topliss-reactive ketones (excluding diaryl/α,β-unsaturated/α-hetero) is 1. The van der Waals surface area contributed by atoms with Crippen molar-refractivity contribution in [2.24, 2.45) is 23.5 Å². The first kappa shape index (κ1) is 34.2. The van der Waals surface area contributed by atoms with Crippen molar-refractivity contribution in [3.05, 3.63) is 24.3 Å². The lowest BCUT2D eigenvalue weighted by atomic mass is 9.69. The number of carbonyl (C=O) groups excluding carboxylic acids is 1. The van der Waals surface area contributed by atoms with E-state index in [1.807, 2.05) is 0 Å². The van der Waals surface area contributed by atoms with Crippen LogP contribution in [0.3, 0.4) is 0 Å². The van der Waals surface area contributed by atoms with Crippen molar-refractivity contribution in [3.63, 3.8) is 0 Å². The number of hydrogen-bond donors (Lipinski definition) is 2. The molecule has 0 radical (unpaired) electrons. The fourth-order valence-electron chi connectivity index (χ4n) is 12.1. The third kappa shape index (κ3) is 5.60. The van der Waals surface area contributed by atoms with E-state index >= 15 is 0 Å². The van der Waals surface area contributed by atoms with Gasteiger partial charge in [0.15, 0.2) is 5.79 Å². The van der Waals surface area contributed by atoms with Crippen LogP contribution in [0.1, 0.15) is 77.0 Å². The quantitative estimate of drug-likeness (QED) is 0.413. The fourth-order valence-corrected chi connectivity index (χ4v) is 12.1. The summed E-state index contributed by atoms with van der Waals surface area (Å²) in [5.74, 6) is -1.10. The summed E-state index contributed by atoms with van der Waals surface area (Å²) in [6.07, 6.45) is 3.49. The van der Waals surface area contributed by atoms with Crippen LogP contribution in [0.4, 0.5) is 0 Å². The Balaban J connectivity index is 1.06. The number of hydrogen-bond acceptors (Lipinski definition) is 12. The normalized spacial score (nSPS) is 55.0. The van der Waals surface area contributed by atoms with Crippen LogP contribution in [0.15, 0.2) is 24.3 Å². The van der Waals surface area contributed by atoms with E-state index < -0.39 is 18.0 Å². The molecule has 0 aromatic carbocycles. The summed E-state index contributed by atoms with van der Waals surface area (Å²) in [7, 11) is 1.67. The zero-order valence-electron chi connectivity index (χ0n) is 29.7. The summed E-state index contributed by atoms with van der Waals surface area (Å²) in [5, 5.41) is 10.6. The average Bonchev–Trinajstić information content (AvgIpc) is 3.78. The van der Waals surface area contributed by atoms with E-state index in [1.165, 1.54) is 0 Å². The Morgan fingerprint density at radius 1 is 0.804 bits per heavy atom. The van der Waals surface area contributed by atoms with Crippen LogP contribution in [0.5, 0.6) is 0 Å². The predicted octanol–water partition coefficient (Wildman–Crippen LogP) is 2.66. The Hall–Kier alpha value is -1.29. The molecule has 11 rings (SSSR count). The van der Waals surface area contributed by atoms with E-state index in [-0.39, 0.29) is 128 Å². The fraction of sp³-hybridized carbons (Fsp3) is 0.872. The van der Waals surface area contributed by atoms with Gasteiger partial charge in [-0.3, -0.25) is 4.79 Å². The van der Waals surface area contributed by atoms with Crippen molar-refractivity contribution in [2.45, 2.75) is 181 Å². The van der Waals surface area contributed by atoms with Gasteiger partial charge in [-0.25, -0.2) is 0 Å². The predicted molar refractivity (Wildman–Crippen MR) is 179 cm³/mol. The largest absolute Gasteiger partial charge is 0.392 e. The molecule has 0 aromatic rings. The molecule has 11 saturated heterocycles. The van der Waals surface area contributed by atoms with Crippen molar-refractivity contribution in [1.82, 2.24) is 0 Å². The molecule has 282 valence electrons. The standard InChI is InChI=1S/C39H55NO11/c1-17-8-23-13-26-24-12-22(4-6-27(17)45-23)44-29(18(24)2)14-30-25(33(43-3)31(47-30)11-20(42)16-40)10-19(41)9-21-5-7-28-34(46-21)38-37-36(48-28)35-32(49-37)15-39(26,50-35)51-38/h20-38,42H,1-2,4-16,40H2,3H3/t20-,21+,22-,23+,24+,25-,26?,27-,28-,29+,30-,31+,32+,33+,34-,35-,36?,37?,38-,39+/m0/s1. The number of ether oxygens (including phenoxy) is 9. The highest BCUT2D eigenvalue weighted by Gasteiger charge is 2.71. The second-order valence-electron chi connectivity index (χ2n) is 17.3. The summed E-state index contributed by atoms with van der Waals surface area (Å²) in [4.78, 5) is 14.0. The maximum atomic E-state index is 14.0. The van der Waals surface area contributed by atoms with E-state index in [0.717, 1.165) is 56.1 Å². The first-order valence-electron chi connectivity index (χ1n) is 19.8.